The van der Waals surface area contributed by atoms with Crippen molar-refractivity contribution < 1.29 is 0 Å². The summed E-state index contributed by atoms with van der Waals surface area (Å²) in [5.74, 6) is 1.88. The quantitative estimate of drug-likeness (QED) is 0.854. The molecule has 102 valence electrons. The van der Waals surface area contributed by atoms with Crippen LogP contribution in [0.4, 0.5) is 5.82 Å². The lowest BCUT2D eigenvalue weighted by molar-refractivity contribution is 0.834. The maximum absolute atomic E-state index is 4.67. The molecule has 0 aromatic carbocycles. The lowest BCUT2D eigenvalue weighted by atomic mass is 10.2. The molecular weight excluding hydrogens is 254 g/mol. The molecule has 0 aliphatic carbocycles. The molecule has 0 radical (unpaired) electrons. The molecule has 3 nitrogen and oxygen atoms in total. The zero-order valence-corrected chi connectivity index (χ0v) is 12.7. The van der Waals surface area contributed by atoms with E-state index in [1.54, 1.807) is 11.3 Å². The number of nitrogens with zero attached hydrogens (tertiary/aromatic N) is 2. The zero-order valence-electron chi connectivity index (χ0n) is 11.9. The van der Waals surface area contributed by atoms with Gasteiger partial charge in [-0.1, -0.05) is 13.8 Å². The summed E-state index contributed by atoms with van der Waals surface area (Å²) in [5, 5.41) is 3.36. The van der Waals surface area contributed by atoms with E-state index in [4.69, 9.17) is 0 Å². The Bertz CT molecular complexity index is 534. The molecule has 0 unspecified atom stereocenters. The Morgan fingerprint density at radius 3 is 2.63 bits per heavy atom. The van der Waals surface area contributed by atoms with Gasteiger partial charge in [-0.15, -0.1) is 11.3 Å². The van der Waals surface area contributed by atoms with Crippen molar-refractivity contribution in [2.45, 2.75) is 40.0 Å². The minimum absolute atomic E-state index is 0.930. The molecule has 0 aliphatic rings. The smallest absolute Gasteiger partial charge is 0.131 e. The van der Waals surface area contributed by atoms with Crippen LogP contribution in [0.15, 0.2) is 18.2 Å². The minimum Gasteiger partial charge on any atom is -0.370 e. The first-order chi connectivity index (χ1) is 9.22. The van der Waals surface area contributed by atoms with Crippen molar-refractivity contribution in [1.82, 2.24) is 9.97 Å². The Balaban J connectivity index is 2.33. The Labute approximate surface area is 119 Å². The van der Waals surface area contributed by atoms with Crippen molar-refractivity contribution in [2.24, 2.45) is 0 Å². The van der Waals surface area contributed by atoms with Gasteiger partial charge in [0.05, 0.1) is 10.6 Å². The van der Waals surface area contributed by atoms with Crippen LogP contribution in [-0.2, 0) is 6.42 Å². The second-order valence-electron chi connectivity index (χ2n) is 4.64. The first kappa shape index (κ1) is 14.0. The lowest BCUT2D eigenvalue weighted by Crippen LogP contribution is -2.05. The molecule has 2 aromatic heterocycles. The maximum Gasteiger partial charge on any atom is 0.131 e. The summed E-state index contributed by atoms with van der Waals surface area (Å²) in [4.78, 5) is 11.8. The van der Waals surface area contributed by atoms with E-state index in [2.05, 4.69) is 54.3 Å². The lowest BCUT2D eigenvalue weighted by Gasteiger charge is -2.08. The van der Waals surface area contributed by atoms with E-state index in [1.807, 2.05) is 0 Å². The molecule has 0 fully saturated rings. The SMILES string of the molecule is CCCNc1cc(-c2ccc(C)s2)nc(CCC)n1. The number of aromatic nitrogens is 2. The molecule has 4 heteroatoms. The van der Waals surface area contributed by atoms with Gasteiger partial charge in [0.1, 0.15) is 11.6 Å². The fraction of sp³-hybridized carbons (Fsp3) is 0.467. The number of thiophene rings is 1. The normalized spacial score (nSPS) is 10.7. The highest BCUT2D eigenvalue weighted by Gasteiger charge is 2.07. The van der Waals surface area contributed by atoms with Crippen molar-refractivity contribution in [2.75, 3.05) is 11.9 Å². The second-order valence-corrected chi connectivity index (χ2v) is 5.93. The van der Waals surface area contributed by atoms with Gasteiger partial charge in [0.15, 0.2) is 0 Å². The third kappa shape index (κ3) is 3.77. The van der Waals surface area contributed by atoms with Crippen LogP contribution in [-0.4, -0.2) is 16.5 Å². The summed E-state index contributed by atoms with van der Waals surface area (Å²) in [7, 11) is 0. The molecule has 0 saturated carbocycles. The average Bonchev–Trinajstić information content (AvgIpc) is 2.83. The van der Waals surface area contributed by atoms with Crippen molar-refractivity contribution >= 4 is 17.2 Å². The summed E-state index contributed by atoms with van der Waals surface area (Å²) >= 11 is 1.78. The van der Waals surface area contributed by atoms with Crippen LogP contribution >= 0.6 is 11.3 Å². The topological polar surface area (TPSA) is 37.8 Å². The molecule has 2 rings (SSSR count). The van der Waals surface area contributed by atoms with E-state index in [0.717, 1.165) is 43.1 Å². The van der Waals surface area contributed by atoms with Crippen molar-refractivity contribution in [3.05, 3.63) is 28.9 Å². The summed E-state index contributed by atoms with van der Waals surface area (Å²) in [6, 6.07) is 6.34. The third-order valence-electron chi connectivity index (χ3n) is 2.79. The van der Waals surface area contributed by atoms with Crippen LogP contribution in [0.1, 0.15) is 37.4 Å². The number of hydrogen-bond donors (Lipinski definition) is 1. The molecule has 0 aliphatic heterocycles. The predicted molar refractivity (Wildman–Crippen MR) is 82.9 cm³/mol. The average molecular weight is 275 g/mol. The highest BCUT2D eigenvalue weighted by Crippen LogP contribution is 2.27. The van der Waals surface area contributed by atoms with E-state index < -0.39 is 0 Å². The minimum atomic E-state index is 0.930. The van der Waals surface area contributed by atoms with Gasteiger partial charge in [-0.05, 0) is 31.9 Å². The Hall–Kier alpha value is -1.42. The predicted octanol–water partition coefficient (Wildman–Crippen LogP) is 4.29. The summed E-state index contributed by atoms with van der Waals surface area (Å²) in [5.41, 5.74) is 1.04. The maximum atomic E-state index is 4.67. The monoisotopic (exact) mass is 275 g/mol. The van der Waals surface area contributed by atoms with Crippen molar-refractivity contribution in [3.63, 3.8) is 0 Å². The third-order valence-corrected chi connectivity index (χ3v) is 3.82. The first-order valence-corrected chi connectivity index (χ1v) is 7.73. The highest BCUT2D eigenvalue weighted by molar-refractivity contribution is 7.15. The molecule has 2 heterocycles. The molecule has 0 atom stereocenters. The van der Waals surface area contributed by atoms with Crippen LogP contribution in [0.2, 0.25) is 0 Å². The van der Waals surface area contributed by atoms with E-state index in [1.165, 1.54) is 9.75 Å². The fourth-order valence-electron chi connectivity index (χ4n) is 1.87. The van der Waals surface area contributed by atoms with Crippen LogP contribution in [0.5, 0.6) is 0 Å². The Morgan fingerprint density at radius 2 is 2.00 bits per heavy atom. The Kier molecular flexibility index (Phi) is 4.91. The van der Waals surface area contributed by atoms with E-state index in [0.29, 0.717) is 0 Å². The van der Waals surface area contributed by atoms with Crippen LogP contribution in [0.3, 0.4) is 0 Å². The number of aryl methyl sites for hydroxylation is 2. The van der Waals surface area contributed by atoms with Crippen LogP contribution in [0, 0.1) is 6.92 Å². The largest absolute Gasteiger partial charge is 0.370 e. The van der Waals surface area contributed by atoms with Gasteiger partial charge in [-0.25, -0.2) is 9.97 Å². The van der Waals surface area contributed by atoms with E-state index in [9.17, 15) is 0 Å². The molecular formula is C15H21N3S. The number of anilines is 1. The van der Waals surface area contributed by atoms with E-state index >= 15 is 0 Å². The number of hydrogen-bond acceptors (Lipinski definition) is 4. The fourth-order valence-corrected chi connectivity index (χ4v) is 2.70. The van der Waals surface area contributed by atoms with Crippen LogP contribution < -0.4 is 5.32 Å². The van der Waals surface area contributed by atoms with Gasteiger partial charge in [0.2, 0.25) is 0 Å². The summed E-state index contributed by atoms with van der Waals surface area (Å²) < 4.78 is 0. The van der Waals surface area contributed by atoms with Gasteiger partial charge < -0.3 is 5.32 Å². The van der Waals surface area contributed by atoms with Gasteiger partial charge in [0.25, 0.3) is 0 Å². The van der Waals surface area contributed by atoms with Gasteiger partial charge in [0, 0.05) is 23.9 Å². The van der Waals surface area contributed by atoms with Gasteiger partial charge in [-0.2, -0.15) is 0 Å². The zero-order chi connectivity index (χ0) is 13.7. The van der Waals surface area contributed by atoms with Crippen LogP contribution in [0.25, 0.3) is 10.6 Å². The molecule has 0 amide bonds. The molecule has 0 saturated heterocycles. The van der Waals surface area contributed by atoms with Crippen molar-refractivity contribution in [3.8, 4) is 10.6 Å². The molecule has 2 aromatic rings. The standard InChI is InChI=1S/C15H21N3S/c1-4-6-14-17-12(13-8-7-11(3)19-13)10-15(18-14)16-9-5-2/h7-8,10H,4-6,9H2,1-3H3,(H,16,17,18). The molecule has 0 bridgehead atoms. The Morgan fingerprint density at radius 1 is 1.16 bits per heavy atom. The highest BCUT2D eigenvalue weighted by atomic mass is 32.1. The summed E-state index contributed by atoms with van der Waals surface area (Å²) in [6.45, 7) is 7.39. The molecule has 0 spiro atoms. The van der Waals surface area contributed by atoms with Gasteiger partial charge >= 0.3 is 0 Å². The number of nitrogens with one attached hydrogen (secondary N) is 1. The van der Waals surface area contributed by atoms with Gasteiger partial charge in [-0.3, -0.25) is 0 Å². The van der Waals surface area contributed by atoms with E-state index in [-0.39, 0.29) is 0 Å². The summed E-state index contributed by atoms with van der Waals surface area (Å²) in [6.07, 6.45) is 3.10. The molecule has 1 N–H and O–H groups in total. The van der Waals surface area contributed by atoms with Crippen molar-refractivity contribution in [1.29, 1.82) is 0 Å². The number of rotatable bonds is 6. The molecule has 19 heavy (non-hydrogen) atoms. The first-order valence-electron chi connectivity index (χ1n) is 6.91. The second kappa shape index (κ2) is 6.66.